The number of thiophene rings is 1. The first-order valence-corrected chi connectivity index (χ1v) is 8.09. The van der Waals surface area contributed by atoms with Gasteiger partial charge in [-0.2, -0.15) is 4.91 Å². The smallest absolute Gasteiger partial charge is 0.0813 e. The third-order valence-corrected chi connectivity index (χ3v) is 5.30. The Morgan fingerprint density at radius 3 is 2.63 bits per heavy atom. The van der Waals surface area contributed by atoms with Crippen LogP contribution in [-0.4, -0.2) is 25.5 Å². The van der Waals surface area contributed by atoms with Crippen LogP contribution in [0.4, 0.5) is 0 Å². The van der Waals surface area contributed by atoms with E-state index in [1.54, 1.807) is 0 Å². The molecule has 19 heavy (non-hydrogen) atoms. The average molecular weight is 280 g/mol. The highest BCUT2D eigenvalue weighted by Gasteiger charge is 2.30. The molecule has 1 heterocycles. The molecule has 0 aliphatic heterocycles. The van der Waals surface area contributed by atoms with Crippen LogP contribution in [0.5, 0.6) is 0 Å². The van der Waals surface area contributed by atoms with Gasteiger partial charge in [-0.25, -0.2) is 0 Å². The molecule has 0 saturated heterocycles. The third-order valence-electron chi connectivity index (χ3n) is 4.36. The Morgan fingerprint density at radius 2 is 2.11 bits per heavy atom. The lowest BCUT2D eigenvalue weighted by atomic mass is 9.76. The van der Waals surface area contributed by atoms with Gasteiger partial charge in [-0.05, 0) is 56.6 Å². The fraction of sp³-hybridized carbons (Fsp3) is 0.733. The lowest BCUT2D eigenvalue weighted by Crippen LogP contribution is -2.30. The minimum Gasteiger partial charge on any atom is -0.301 e. The summed E-state index contributed by atoms with van der Waals surface area (Å²) in [6.45, 7) is 0.497. The average Bonchev–Trinajstić information content (AvgIpc) is 2.91. The van der Waals surface area contributed by atoms with E-state index >= 15 is 0 Å². The Labute approximate surface area is 120 Å². The molecule has 4 heteroatoms. The molecule has 2 rings (SSSR count). The van der Waals surface area contributed by atoms with E-state index in [1.807, 2.05) is 11.3 Å². The Balaban J connectivity index is 1.93. The number of hydrogen-bond acceptors (Lipinski definition) is 4. The van der Waals surface area contributed by atoms with Crippen molar-refractivity contribution < 1.29 is 0 Å². The van der Waals surface area contributed by atoms with Crippen molar-refractivity contribution in [3.8, 4) is 0 Å². The predicted octanol–water partition coefficient (Wildman–Crippen LogP) is 4.31. The van der Waals surface area contributed by atoms with Gasteiger partial charge >= 0.3 is 0 Å². The van der Waals surface area contributed by atoms with Crippen LogP contribution < -0.4 is 0 Å². The molecule has 3 nitrogen and oxygen atoms in total. The molecule has 0 aromatic carbocycles. The minimum atomic E-state index is 0.497. The maximum atomic E-state index is 10.2. The molecule has 0 amide bonds. The summed E-state index contributed by atoms with van der Waals surface area (Å²) >= 11 is 1.87. The Morgan fingerprint density at radius 1 is 1.37 bits per heavy atom. The van der Waals surface area contributed by atoms with Gasteiger partial charge in [0.2, 0.25) is 0 Å². The molecule has 0 radical (unpaired) electrons. The molecule has 106 valence electrons. The summed E-state index contributed by atoms with van der Waals surface area (Å²) in [6, 6.07) is 4.97. The van der Waals surface area contributed by atoms with Gasteiger partial charge in [0.1, 0.15) is 0 Å². The summed E-state index contributed by atoms with van der Waals surface area (Å²) < 4.78 is 0. The molecule has 0 spiro atoms. The van der Waals surface area contributed by atoms with Crippen molar-refractivity contribution in [2.75, 3.05) is 20.6 Å². The number of rotatable bonds is 6. The summed E-state index contributed by atoms with van der Waals surface area (Å²) in [5, 5.41) is 5.17. The van der Waals surface area contributed by atoms with Crippen molar-refractivity contribution >= 4 is 11.3 Å². The van der Waals surface area contributed by atoms with Crippen LogP contribution in [0.3, 0.4) is 0 Å². The van der Waals surface area contributed by atoms with Crippen molar-refractivity contribution in [3.05, 3.63) is 27.3 Å². The maximum absolute atomic E-state index is 10.2. The lowest BCUT2D eigenvalue weighted by molar-refractivity contribution is 0.149. The van der Waals surface area contributed by atoms with E-state index in [9.17, 15) is 4.91 Å². The highest BCUT2D eigenvalue weighted by Crippen LogP contribution is 2.41. The van der Waals surface area contributed by atoms with Gasteiger partial charge < -0.3 is 4.90 Å². The normalized spacial score (nSPS) is 25.4. The van der Waals surface area contributed by atoms with Crippen LogP contribution in [0, 0.1) is 16.7 Å². The molecule has 1 aromatic heterocycles. The maximum Gasteiger partial charge on any atom is 0.0813 e. The number of nitroso groups, excluding NO2 is 1. The first kappa shape index (κ1) is 14.7. The van der Waals surface area contributed by atoms with E-state index in [0.717, 1.165) is 18.3 Å². The summed E-state index contributed by atoms with van der Waals surface area (Å²) in [6.07, 6.45) is 6.07. The van der Waals surface area contributed by atoms with E-state index < -0.39 is 0 Å². The predicted molar refractivity (Wildman–Crippen MR) is 81.5 cm³/mol. The SMILES string of the molecule is CN(C)C(c1cccs1)C1CCC(CCN=O)CC1. The van der Waals surface area contributed by atoms with E-state index in [1.165, 1.54) is 30.6 Å². The zero-order chi connectivity index (χ0) is 13.7. The monoisotopic (exact) mass is 280 g/mol. The highest BCUT2D eigenvalue weighted by atomic mass is 32.1. The van der Waals surface area contributed by atoms with Gasteiger partial charge in [0.25, 0.3) is 0 Å². The van der Waals surface area contributed by atoms with Crippen LogP contribution in [0.1, 0.15) is 43.0 Å². The summed E-state index contributed by atoms with van der Waals surface area (Å²) in [5.74, 6) is 1.48. The van der Waals surface area contributed by atoms with Gasteiger partial charge in [0.15, 0.2) is 0 Å². The molecule has 0 N–H and O–H groups in total. The highest BCUT2D eigenvalue weighted by molar-refractivity contribution is 7.10. The van der Waals surface area contributed by atoms with Crippen LogP contribution in [-0.2, 0) is 0 Å². The van der Waals surface area contributed by atoms with Gasteiger partial charge in [-0.15, -0.1) is 11.3 Å². The number of hydrogen-bond donors (Lipinski definition) is 0. The molecular formula is C15H24N2OS. The fourth-order valence-corrected chi connectivity index (χ4v) is 4.41. The molecule has 0 bridgehead atoms. The third kappa shape index (κ3) is 3.86. The van der Waals surface area contributed by atoms with Gasteiger partial charge in [-0.3, -0.25) is 0 Å². The number of nitrogens with zero attached hydrogens (tertiary/aromatic N) is 2. The van der Waals surface area contributed by atoms with Crippen LogP contribution >= 0.6 is 11.3 Å². The topological polar surface area (TPSA) is 32.7 Å². The second-order valence-corrected chi connectivity index (χ2v) is 6.83. The summed E-state index contributed by atoms with van der Waals surface area (Å²) in [7, 11) is 4.37. The zero-order valence-electron chi connectivity index (χ0n) is 11.9. The molecule has 1 aliphatic rings. The van der Waals surface area contributed by atoms with E-state index in [-0.39, 0.29) is 0 Å². The van der Waals surface area contributed by atoms with E-state index in [4.69, 9.17) is 0 Å². The quantitative estimate of drug-likeness (QED) is 0.727. The van der Waals surface area contributed by atoms with Crippen LogP contribution in [0.25, 0.3) is 0 Å². The van der Waals surface area contributed by atoms with E-state index in [0.29, 0.717) is 12.6 Å². The zero-order valence-corrected chi connectivity index (χ0v) is 12.7. The minimum absolute atomic E-state index is 0.497. The van der Waals surface area contributed by atoms with Gasteiger partial charge in [-0.1, -0.05) is 24.1 Å². The largest absolute Gasteiger partial charge is 0.301 e. The lowest BCUT2D eigenvalue weighted by Gasteiger charge is -2.36. The first-order valence-electron chi connectivity index (χ1n) is 7.21. The fourth-order valence-electron chi connectivity index (χ4n) is 3.40. The molecule has 1 atom stereocenters. The van der Waals surface area contributed by atoms with E-state index in [2.05, 4.69) is 41.7 Å². The Kier molecular flexibility index (Phi) is 5.52. The molecule has 1 unspecified atom stereocenters. The molecular weight excluding hydrogens is 256 g/mol. The van der Waals surface area contributed by atoms with Crippen molar-refractivity contribution in [3.63, 3.8) is 0 Å². The van der Waals surface area contributed by atoms with Gasteiger partial charge in [0, 0.05) is 10.9 Å². The van der Waals surface area contributed by atoms with Gasteiger partial charge in [0.05, 0.1) is 6.54 Å². The van der Waals surface area contributed by atoms with Crippen LogP contribution in [0.2, 0.25) is 0 Å². The second kappa shape index (κ2) is 7.15. The summed E-state index contributed by atoms with van der Waals surface area (Å²) in [4.78, 5) is 14.1. The molecule has 1 saturated carbocycles. The summed E-state index contributed by atoms with van der Waals surface area (Å²) in [5.41, 5.74) is 0. The molecule has 1 aliphatic carbocycles. The first-order chi connectivity index (χ1) is 9.22. The Hall–Kier alpha value is -0.740. The Bertz CT molecular complexity index is 370. The molecule has 1 aromatic rings. The van der Waals surface area contributed by atoms with Crippen molar-refractivity contribution in [1.29, 1.82) is 0 Å². The second-order valence-electron chi connectivity index (χ2n) is 5.85. The van der Waals surface area contributed by atoms with Crippen LogP contribution in [0.15, 0.2) is 22.7 Å². The van der Waals surface area contributed by atoms with Crippen molar-refractivity contribution in [1.82, 2.24) is 4.90 Å². The van der Waals surface area contributed by atoms with Crippen molar-refractivity contribution in [2.24, 2.45) is 17.0 Å². The standard InChI is InChI=1S/C15H24N2OS/c1-17(2)15(14-4-3-11-19-14)13-7-5-12(6-8-13)9-10-16-18/h3-4,11-13,15H,5-10H2,1-2H3. The molecule has 1 fully saturated rings. The van der Waals surface area contributed by atoms with Crippen molar-refractivity contribution in [2.45, 2.75) is 38.1 Å².